The number of likely N-dealkylation sites (tertiary alicyclic amines) is 1. The van der Waals surface area contributed by atoms with E-state index in [1.807, 2.05) is 30.3 Å². The van der Waals surface area contributed by atoms with E-state index in [4.69, 9.17) is 4.74 Å². The van der Waals surface area contributed by atoms with Crippen molar-refractivity contribution in [2.75, 3.05) is 26.7 Å². The topological polar surface area (TPSA) is 82.9 Å². The average molecular weight is 477 g/mol. The number of hydrogen-bond donors (Lipinski definition) is 2. The fourth-order valence-electron chi connectivity index (χ4n) is 5.30. The molecule has 0 spiro atoms. The lowest BCUT2D eigenvalue weighted by atomic mass is 9.81. The van der Waals surface area contributed by atoms with Crippen LogP contribution in [0.3, 0.4) is 0 Å². The van der Waals surface area contributed by atoms with E-state index in [2.05, 4.69) is 34.1 Å². The van der Waals surface area contributed by atoms with E-state index in [9.17, 15) is 15.0 Å². The average Bonchev–Trinajstić information content (AvgIpc) is 2.89. The van der Waals surface area contributed by atoms with Crippen LogP contribution in [-0.4, -0.2) is 52.8 Å². The summed E-state index contributed by atoms with van der Waals surface area (Å²) in [5.41, 5.74) is 2.98. The van der Waals surface area contributed by atoms with Gasteiger partial charge in [0, 0.05) is 18.1 Å². The van der Waals surface area contributed by atoms with Gasteiger partial charge in [-0.15, -0.1) is 0 Å². The van der Waals surface area contributed by atoms with E-state index >= 15 is 0 Å². The molecule has 1 aliphatic rings. The predicted molar refractivity (Wildman–Crippen MR) is 138 cm³/mol. The number of nitrogens with zero attached hydrogens (tertiary/aromatic N) is 2. The largest absolute Gasteiger partial charge is 0.497 e. The summed E-state index contributed by atoms with van der Waals surface area (Å²) in [5, 5.41) is 21.8. The quantitative estimate of drug-likeness (QED) is 0.375. The Labute approximate surface area is 207 Å². The van der Waals surface area contributed by atoms with E-state index in [0.717, 1.165) is 61.0 Å². The number of aliphatic carboxylic acids is 1. The van der Waals surface area contributed by atoms with Crippen LogP contribution in [0.1, 0.15) is 49.3 Å². The molecule has 1 aliphatic heterocycles. The van der Waals surface area contributed by atoms with Crippen molar-refractivity contribution in [3.05, 3.63) is 71.9 Å². The number of piperidine rings is 1. The zero-order valence-electron chi connectivity index (χ0n) is 20.5. The highest BCUT2D eigenvalue weighted by Crippen LogP contribution is 2.33. The molecule has 0 saturated carbocycles. The molecule has 1 unspecified atom stereocenters. The molecule has 0 aliphatic carbocycles. The van der Waals surface area contributed by atoms with Crippen LogP contribution in [0.25, 0.3) is 10.9 Å². The third kappa shape index (κ3) is 6.59. The molecule has 2 heterocycles. The summed E-state index contributed by atoms with van der Waals surface area (Å²) in [5.74, 6) is -0.316. The number of carboxylic acids is 1. The fraction of sp³-hybridized carbons (Fsp3) is 0.448. The number of hydrogen-bond acceptors (Lipinski definition) is 5. The minimum absolute atomic E-state index is 0.0744. The molecular formula is C29H36N2O4. The second-order valence-electron chi connectivity index (χ2n) is 9.61. The molecule has 2 aromatic carbocycles. The lowest BCUT2D eigenvalue weighted by molar-refractivity contribution is -0.146. The lowest BCUT2D eigenvalue weighted by Crippen LogP contribution is -2.44. The molecule has 3 atom stereocenters. The Bertz CT molecular complexity index is 1100. The van der Waals surface area contributed by atoms with Crippen molar-refractivity contribution in [1.29, 1.82) is 0 Å². The Kier molecular flexibility index (Phi) is 8.72. The number of rotatable bonds is 11. The molecule has 0 radical (unpaired) electrons. The number of aliphatic hydroxyl groups is 1. The molecule has 0 bridgehead atoms. The number of carbonyl (C=O) groups is 1. The first-order valence-corrected chi connectivity index (χ1v) is 12.6. The summed E-state index contributed by atoms with van der Waals surface area (Å²) in [4.78, 5) is 18.8. The Morgan fingerprint density at radius 1 is 1.17 bits per heavy atom. The predicted octanol–water partition coefficient (Wildman–Crippen LogP) is 5.10. The van der Waals surface area contributed by atoms with Crippen LogP contribution >= 0.6 is 0 Å². The molecule has 4 rings (SSSR count). The number of aromatic nitrogens is 1. The maximum Gasteiger partial charge on any atom is 0.308 e. The standard InChI is InChI=1S/C29H36N2O4/c1-35-23-11-12-27-25(19-23)24(14-16-30-27)28(32)13-10-22-15-18-31(20-26(22)29(33)34)17-6-5-9-21-7-3-2-4-8-21/h2-4,7-8,11-12,14,16,19,22,26,28,32H,5-6,9-10,13,15,17-18,20H2,1H3,(H,33,34)/t22-,26+,28?/m1/s1. The van der Waals surface area contributed by atoms with Crippen molar-refractivity contribution in [2.24, 2.45) is 11.8 Å². The van der Waals surface area contributed by atoms with Crippen LogP contribution in [0.15, 0.2) is 60.8 Å². The summed E-state index contributed by atoms with van der Waals surface area (Å²) in [6.45, 7) is 2.46. The first kappa shape index (κ1) is 25.1. The zero-order chi connectivity index (χ0) is 24.6. The second-order valence-corrected chi connectivity index (χ2v) is 9.61. The monoisotopic (exact) mass is 476 g/mol. The lowest BCUT2D eigenvalue weighted by Gasteiger charge is -2.37. The van der Waals surface area contributed by atoms with Gasteiger partial charge in [0.15, 0.2) is 0 Å². The first-order chi connectivity index (χ1) is 17.0. The normalized spacial score (nSPS) is 19.5. The van der Waals surface area contributed by atoms with Gasteiger partial charge in [-0.2, -0.15) is 0 Å². The molecule has 1 fully saturated rings. The van der Waals surface area contributed by atoms with Crippen molar-refractivity contribution in [2.45, 2.75) is 44.6 Å². The number of pyridine rings is 1. The van der Waals surface area contributed by atoms with Crippen LogP contribution in [0.2, 0.25) is 0 Å². The Morgan fingerprint density at radius 3 is 2.77 bits per heavy atom. The molecule has 6 nitrogen and oxygen atoms in total. The van der Waals surface area contributed by atoms with Gasteiger partial charge in [0.2, 0.25) is 0 Å². The SMILES string of the molecule is COc1ccc2nccc(C(O)CC[C@@H]3CCN(CCCCc4ccccc4)C[C@@H]3C(=O)O)c2c1. The summed E-state index contributed by atoms with van der Waals surface area (Å²) >= 11 is 0. The zero-order valence-corrected chi connectivity index (χ0v) is 20.5. The number of aliphatic hydroxyl groups excluding tert-OH is 1. The van der Waals surface area contributed by atoms with Gasteiger partial charge in [-0.3, -0.25) is 9.78 Å². The molecule has 35 heavy (non-hydrogen) atoms. The molecule has 2 N–H and O–H groups in total. The van der Waals surface area contributed by atoms with Crippen LogP contribution < -0.4 is 4.74 Å². The van der Waals surface area contributed by atoms with Crippen molar-refractivity contribution in [3.63, 3.8) is 0 Å². The van der Waals surface area contributed by atoms with E-state index in [1.54, 1.807) is 13.3 Å². The van der Waals surface area contributed by atoms with Crippen LogP contribution in [0.4, 0.5) is 0 Å². The highest BCUT2D eigenvalue weighted by molar-refractivity contribution is 5.83. The van der Waals surface area contributed by atoms with Gasteiger partial charge in [0.05, 0.1) is 24.6 Å². The van der Waals surface area contributed by atoms with Crippen molar-refractivity contribution in [1.82, 2.24) is 9.88 Å². The van der Waals surface area contributed by atoms with Crippen LogP contribution in [0, 0.1) is 11.8 Å². The smallest absolute Gasteiger partial charge is 0.308 e. The van der Waals surface area contributed by atoms with Gasteiger partial charge < -0.3 is 19.8 Å². The van der Waals surface area contributed by atoms with Crippen LogP contribution in [0.5, 0.6) is 5.75 Å². The van der Waals surface area contributed by atoms with E-state index in [0.29, 0.717) is 19.4 Å². The van der Waals surface area contributed by atoms with Gasteiger partial charge in [-0.25, -0.2) is 0 Å². The van der Waals surface area contributed by atoms with Crippen molar-refractivity contribution >= 4 is 16.9 Å². The number of ether oxygens (including phenoxy) is 1. The number of fused-ring (bicyclic) bond motifs is 1. The summed E-state index contributed by atoms with van der Waals surface area (Å²) in [7, 11) is 1.62. The molecule has 186 valence electrons. The van der Waals surface area contributed by atoms with Crippen LogP contribution in [-0.2, 0) is 11.2 Å². The highest BCUT2D eigenvalue weighted by Gasteiger charge is 2.34. The highest BCUT2D eigenvalue weighted by atomic mass is 16.5. The number of methoxy groups -OCH3 is 1. The Balaban J connectivity index is 1.30. The Morgan fingerprint density at radius 2 is 2.00 bits per heavy atom. The summed E-state index contributed by atoms with van der Waals surface area (Å²) in [6.07, 6.45) is 6.36. The minimum atomic E-state index is -0.724. The van der Waals surface area contributed by atoms with Crippen molar-refractivity contribution in [3.8, 4) is 5.75 Å². The van der Waals surface area contributed by atoms with Gasteiger partial charge >= 0.3 is 5.97 Å². The van der Waals surface area contributed by atoms with Crippen molar-refractivity contribution < 1.29 is 19.7 Å². The maximum atomic E-state index is 12.1. The van der Waals surface area contributed by atoms with E-state index in [1.165, 1.54) is 5.56 Å². The molecular weight excluding hydrogens is 440 g/mol. The van der Waals surface area contributed by atoms with Gasteiger partial charge in [0.1, 0.15) is 5.75 Å². The molecule has 3 aromatic rings. The van der Waals surface area contributed by atoms with E-state index in [-0.39, 0.29) is 11.8 Å². The second kappa shape index (κ2) is 12.1. The summed E-state index contributed by atoms with van der Waals surface area (Å²) < 4.78 is 5.34. The number of aryl methyl sites for hydroxylation is 1. The maximum absolute atomic E-state index is 12.1. The Hall–Kier alpha value is -2.96. The first-order valence-electron chi connectivity index (χ1n) is 12.6. The van der Waals surface area contributed by atoms with E-state index < -0.39 is 12.1 Å². The molecule has 1 saturated heterocycles. The third-order valence-electron chi connectivity index (χ3n) is 7.34. The number of benzene rings is 2. The molecule has 0 amide bonds. The van der Waals surface area contributed by atoms with Gasteiger partial charge in [0.25, 0.3) is 0 Å². The third-order valence-corrected chi connectivity index (χ3v) is 7.34. The van der Waals surface area contributed by atoms with Gasteiger partial charge in [-0.05, 0) is 92.9 Å². The molecule has 6 heteroatoms. The molecule has 1 aromatic heterocycles. The minimum Gasteiger partial charge on any atom is -0.497 e. The number of unbranched alkanes of at least 4 members (excludes halogenated alkanes) is 1. The fourth-order valence-corrected chi connectivity index (χ4v) is 5.30. The summed E-state index contributed by atoms with van der Waals surface area (Å²) in [6, 6.07) is 18.0. The van der Waals surface area contributed by atoms with Gasteiger partial charge in [-0.1, -0.05) is 30.3 Å². The number of carboxylic acid groups (broad SMARTS) is 1.